The number of carboxylic acid groups (broad SMARTS) is 1. The largest absolute Gasteiger partial charge is 0.495 e. The fourth-order valence-electron chi connectivity index (χ4n) is 1.58. The molecule has 1 aromatic heterocycles. The summed E-state index contributed by atoms with van der Waals surface area (Å²) < 4.78 is 5.24. The number of thiazole rings is 1. The lowest BCUT2D eigenvalue weighted by Gasteiger charge is -2.07. The van der Waals surface area contributed by atoms with E-state index >= 15 is 0 Å². The normalized spacial score (nSPS) is 10.2. The van der Waals surface area contributed by atoms with Gasteiger partial charge >= 0.3 is 5.97 Å². The van der Waals surface area contributed by atoms with E-state index in [4.69, 9.17) is 9.84 Å². The molecule has 0 amide bonds. The molecule has 0 radical (unpaired) electrons. The number of carboxylic acids is 1. The zero-order valence-corrected chi connectivity index (χ0v) is 11.2. The average molecular weight is 278 g/mol. The standard InChI is InChI=1S/C13H14N2O3S/c1-18-11-5-3-2-4-10(11)15-13-14-9(8-19-13)6-7-12(16)17/h2-5,8H,6-7H2,1H3,(H,14,15)(H,16,17). The van der Waals surface area contributed by atoms with E-state index in [-0.39, 0.29) is 6.42 Å². The van der Waals surface area contributed by atoms with Gasteiger partial charge < -0.3 is 15.2 Å². The van der Waals surface area contributed by atoms with E-state index in [2.05, 4.69) is 10.3 Å². The van der Waals surface area contributed by atoms with Crippen LogP contribution in [0, 0.1) is 0 Å². The number of aryl methyl sites for hydroxylation is 1. The Bertz CT molecular complexity index is 569. The summed E-state index contributed by atoms with van der Waals surface area (Å²) in [6.45, 7) is 0. The molecule has 19 heavy (non-hydrogen) atoms. The number of methoxy groups -OCH3 is 1. The highest BCUT2D eigenvalue weighted by Gasteiger charge is 2.07. The highest BCUT2D eigenvalue weighted by molar-refractivity contribution is 7.13. The summed E-state index contributed by atoms with van der Waals surface area (Å²) in [6.07, 6.45) is 0.539. The van der Waals surface area contributed by atoms with Gasteiger partial charge in [-0.25, -0.2) is 4.98 Å². The first-order valence-electron chi connectivity index (χ1n) is 5.75. The highest BCUT2D eigenvalue weighted by atomic mass is 32.1. The van der Waals surface area contributed by atoms with Crippen LogP contribution < -0.4 is 10.1 Å². The third kappa shape index (κ3) is 3.69. The minimum absolute atomic E-state index is 0.0951. The fraction of sp³-hybridized carbons (Fsp3) is 0.231. The third-order valence-electron chi connectivity index (χ3n) is 2.50. The highest BCUT2D eigenvalue weighted by Crippen LogP contribution is 2.28. The van der Waals surface area contributed by atoms with E-state index in [1.165, 1.54) is 11.3 Å². The van der Waals surface area contributed by atoms with Crippen molar-refractivity contribution in [2.75, 3.05) is 12.4 Å². The summed E-state index contributed by atoms with van der Waals surface area (Å²) in [5, 5.41) is 14.4. The van der Waals surface area contributed by atoms with Crippen LogP contribution in [0.15, 0.2) is 29.6 Å². The Morgan fingerprint density at radius 2 is 2.26 bits per heavy atom. The molecule has 0 saturated heterocycles. The molecule has 5 nitrogen and oxygen atoms in total. The van der Waals surface area contributed by atoms with Crippen LogP contribution in [0.2, 0.25) is 0 Å². The van der Waals surface area contributed by atoms with Crippen LogP contribution in [-0.4, -0.2) is 23.2 Å². The molecule has 0 fully saturated rings. The Labute approximate surface area is 114 Å². The van der Waals surface area contributed by atoms with Gasteiger partial charge in [-0.1, -0.05) is 12.1 Å². The number of anilines is 2. The van der Waals surface area contributed by atoms with Gasteiger partial charge in [0.2, 0.25) is 0 Å². The lowest BCUT2D eigenvalue weighted by molar-refractivity contribution is -0.136. The maximum atomic E-state index is 10.5. The van der Waals surface area contributed by atoms with Crippen LogP contribution in [0.3, 0.4) is 0 Å². The second kappa shape index (κ2) is 6.19. The van der Waals surface area contributed by atoms with Crippen molar-refractivity contribution >= 4 is 28.1 Å². The Balaban J connectivity index is 2.05. The molecule has 0 unspecified atom stereocenters. The number of carbonyl (C=O) groups is 1. The van der Waals surface area contributed by atoms with E-state index in [0.29, 0.717) is 6.42 Å². The first-order chi connectivity index (χ1) is 9.19. The minimum Gasteiger partial charge on any atom is -0.495 e. The van der Waals surface area contributed by atoms with Crippen molar-refractivity contribution in [1.29, 1.82) is 0 Å². The number of hydrogen-bond acceptors (Lipinski definition) is 5. The summed E-state index contributed by atoms with van der Waals surface area (Å²) in [4.78, 5) is 14.8. The first-order valence-corrected chi connectivity index (χ1v) is 6.63. The second-order valence-corrected chi connectivity index (χ2v) is 4.72. The lowest BCUT2D eigenvalue weighted by atomic mass is 10.2. The molecule has 2 rings (SSSR count). The quantitative estimate of drug-likeness (QED) is 0.850. The molecule has 0 aliphatic rings. The zero-order chi connectivity index (χ0) is 13.7. The Hall–Kier alpha value is -2.08. The number of ether oxygens (including phenoxy) is 1. The topological polar surface area (TPSA) is 71.5 Å². The van der Waals surface area contributed by atoms with Crippen molar-refractivity contribution in [3.8, 4) is 5.75 Å². The third-order valence-corrected chi connectivity index (χ3v) is 3.30. The number of aromatic nitrogens is 1. The molecule has 0 aliphatic carbocycles. The monoisotopic (exact) mass is 278 g/mol. The summed E-state index contributed by atoms with van der Waals surface area (Å²) in [7, 11) is 1.61. The molecule has 2 N–H and O–H groups in total. The molecule has 1 aromatic carbocycles. The van der Waals surface area contributed by atoms with Crippen molar-refractivity contribution in [3.63, 3.8) is 0 Å². The second-order valence-electron chi connectivity index (χ2n) is 3.86. The van der Waals surface area contributed by atoms with E-state index in [1.807, 2.05) is 29.6 Å². The Kier molecular flexibility index (Phi) is 4.35. The molecular formula is C13H14N2O3S. The van der Waals surface area contributed by atoms with Gasteiger partial charge in [0, 0.05) is 11.8 Å². The summed E-state index contributed by atoms with van der Waals surface area (Å²) >= 11 is 1.44. The van der Waals surface area contributed by atoms with Gasteiger partial charge in [0.25, 0.3) is 0 Å². The maximum absolute atomic E-state index is 10.5. The van der Waals surface area contributed by atoms with Crippen LogP contribution in [0.1, 0.15) is 12.1 Å². The number of rotatable bonds is 6. The van der Waals surface area contributed by atoms with Crippen LogP contribution in [0.25, 0.3) is 0 Å². The number of hydrogen-bond donors (Lipinski definition) is 2. The average Bonchev–Trinajstić information content (AvgIpc) is 2.85. The molecule has 0 spiro atoms. The van der Waals surface area contributed by atoms with Crippen LogP contribution in [-0.2, 0) is 11.2 Å². The van der Waals surface area contributed by atoms with Gasteiger partial charge in [-0.3, -0.25) is 4.79 Å². The molecular weight excluding hydrogens is 264 g/mol. The van der Waals surface area contributed by atoms with Crippen molar-refractivity contribution in [2.24, 2.45) is 0 Å². The lowest BCUT2D eigenvalue weighted by Crippen LogP contribution is -1.98. The molecule has 6 heteroatoms. The SMILES string of the molecule is COc1ccccc1Nc1nc(CCC(=O)O)cs1. The molecule has 2 aromatic rings. The van der Waals surface area contributed by atoms with Crippen molar-refractivity contribution in [3.05, 3.63) is 35.3 Å². The predicted molar refractivity (Wildman–Crippen MR) is 74.3 cm³/mol. The number of aliphatic carboxylic acids is 1. The molecule has 0 atom stereocenters. The zero-order valence-electron chi connectivity index (χ0n) is 10.4. The van der Waals surface area contributed by atoms with Crippen LogP contribution in [0.4, 0.5) is 10.8 Å². The van der Waals surface area contributed by atoms with E-state index in [1.54, 1.807) is 7.11 Å². The van der Waals surface area contributed by atoms with Gasteiger partial charge in [-0.15, -0.1) is 11.3 Å². The van der Waals surface area contributed by atoms with E-state index < -0.39 is 5.97 Å². The van der Waals surface area contributed by atoms with Gasteiger partial charge in [0.1, 0.15) is 5.75 Å². The molecule has 0 aliphatic heterocycles. The molecule has 0 saturated carbocycles. The number of benzene rings is 1. The number of nitrogens with one attached hydrogen (secondary N) is 1. The number of para-hydroxylation sites is 2. The van der Waals surface area contributed by atoms with E-state index in [9.17, 15) is 4.79 Å². The van der Waals surface area contributed by atoms with E-state index in [0.717, 1.165) is 22.3 Å². The summed E-state index contributed by atoms with van der Waals surface area (Å²) in [6, 6.07) is 7.56. The predicted octanol–water partition coefficient (Wildman–Crippen LogP) is 2.91. The van der Waals surface area contributed by atoms with Crippen LogP contribution in [0.5, 0.6) is 5.75 Å². The maximum Gasteiger partial charge on any atom is 0.303 e. The van der Waals surface area contributed by atoms with Crippen molar-refractivity contribution < 1.29 is 14.6 Å². The minimum atomic E-state index is -0.813. The van der Waals surface area contributed by atoms with Crippen LogP contribution >= 0.6 is 11.3 Å². The first kappa shape index (κ1) is 13.4. The smallest absolute Gasteiger partial charge is 0.303 e. The van der Waals surface area contributed by atoms with Crippen molar-refractivity contribution in [1.82, 2.24) is 4.98 Å². The Morgan fingerprint density at radius 3 is 3.00 bits per heavy atom. The van der Waals surface area contributed by atoms with Gasteiger partial charge in [-0.05, 0) is 12.1 Å². The molecule has 100 valence electrons. The molecule has 0 bridgehead atoms. The Morgan fingerprint density at radius 1 is 1.47 bits per heavy atom. The van der Waals surface area contributed by atoms with Gasteiger partial charge in [0.15, 0.2) is 5.13 Å². The van der Waals surface area contributed by atoms with Gasteiger partial charge in [-0.2, -0.15) is 0 Å². The molecule has 1 heterocycles. The summed E-state index contributed by atoms with van der Waals surface area (Å²) in [5.41, 5.74) is 1.62. The van der Waals surface area contributed by atoms with Gasteiger partial charge in [0.05, 0.1) is 24.9 Å². The number of nitrogens with zero attached hydrogens (tertiary/aromatic N) is 1. The summed E-state index contributed by atoms with van der Waals surface area (Å²) in [5.74, 6) is -0.0722. The fourth-order valence-corrected chi connectivity index (χ4v) is 2.33. The van der Waals surface area contributed by atoms with Crippen molar-refractivity contribution in [2.45, 2.75) is 12.8 Å².